The summed E-state index contributed by atoms with van der Waals surface area (Å²) in [4.78, 5) is 3.94. The van der Waals surface area contributed by atoms with Crippen LogP contribution in [0.2, 0.25) is 0 Å². The molecule has 0 atom stereocenters. The van der Waals surface area contributed by atoms with Gasteiger partial charge in [0, 0.05) is 36.8 Å². The summed E-state index contributed by atoms with van der Waals surface area (Å²) in [5.41, 5.74) is 2.02. The van der Waals surface area contributed by atoms with Crippen LogP contribution in [-0.4, -0.2) is 23.0 Å². The van der Waals surface area contributed by atoms with Gasteiger partial charge in [-0.2, -0.15) is 41.8 Å². The van der Waals surface area contributed by atoms with Gasteiger partial charge in [-0.05, 0) is 73.6 Å². The zero-order chi connectivity index (χ0) is 27.1. The summed E-state index contributed by atoms with van der Waals surface area (Å²) in [6, 6.07) is 16.5. The zero-order valence-electron chi connectivity index (χ0n) is 22.2. The van der Waals surface area contributed by atoms with E-state index < -0.39 is 0 Å². The molecule has 0 nitrogen and oxygen atoms in total. The fourth-order valence-electron chi connectivity index (χ4n) is 3.06. The topological polar surface area (TPSA) is 0 Å². The number of hydrogen-bond donors (Lipinski definition) is 0. The van der Waals surface area contributed by atoms with Crippen LogP contribution in [0.4, 0.5) is 0 Å². The quantitative estimate of drug-likeness (QED) is 0.0924. The van der Waals surface area contributed by atoms with E-state index in [1.807, 2.05) is 24.3 Å². The van der Waals surface area contributed by atoms with Crippen LogP contribution in [0.1, 0.15) is 64.5 Å². The molecule has 0 saturated carbocycles. The van der Waals surface area contributed by atoms with Gasteiger partial charge in [0.2, 0.25) is 0 Å². The molecule has 0 N–H and O–H groups in total. The van der Waals surface area contributed by atoms with E-state index >= 15 is 0 Å². The predicted octanol–water partition coefficient (Wildman–Crippen LogP) is 10.1. The van der Waals surface area contributed by atoms with Gasteiger partial charge >= 0.3 is 0 Å². The van der Waals surface area contributed by atoms with E-state index in [1.54, 1.807) is 47.0 Å². The van der Waals surface area contributed by atoms with Gasteiger partial charge in [0.05, 0.1) is 0 Å². The summed E-state index contributed by atoms with van der Waals surface area (Å²) >= 11 is 28.8. The Morgan fingerprint density at radius 3 is 1.05 bits per heavy atom. The van der Waals surface area contributed by atoms with Crippen molar-refractivity contribution in [3.63, 3.8) is 0 Å². The summed E-state index contributed by atoms with van der Waals surface area (Å²) < 4.78 is 1.86. The Bertz CT molecular complexity index is 870. The monoisotopic (exact) mass is 686 g/mol. The Kier molecular flexibility index (Phi) is 21.8. The average Bonchev–Trinajstić information content (AvgIpc) is 2.93. The second-order valence-electron chi connectivity index (χ2n) is 7.80. The second kappa shape index (κ2) is 21.4. The fraction of sp³-hybridized carbons (Fsp3) is 0.429. The minimum atomic E-state index is 0. The molecule has 0 radical (unpaired) electrons. The first-order valence-electron chi connectivity index (χ1n) is 12.0. The van der Waals surface area contributed by atoms with Crippen LogP contribution < -0.4 is 0 Å². The fourth-order valence-corrected chi connectivity index (χ4v) is 7.24. The molecule has 0 spiro atoms. The molecule has 0 fully saturated rings. The molecule has 2 aromatic carbocycles. The minimum absolute atomic E-state index is 0. The Balaban J connectivity index is 0.000000702. The van der Waals surface area contributed by atoms with Crippen LogP contribution in [0.3, 0.4) is 0 Å². The number of hydrogen-bond acceptors (Lipinski definition) is 8. The van der Waals surface area contributed by atoms with Gasteiger partial charge in [-0.15, -0.1) is 23.5 Å². The smallest absolute Gasteiger partial charge is 0.00695 e. The van der Waals surface area contributed by atoms with E-state index in [2.05, 4.69) is 64.5 Å². The SMILES string of the molecule is CCC(CC)S/C([S-])=C(/[S-])SC(CC)CC.CSc1ccc(/C([S-])=C(/[S-])c2ccc(SC)cc2)cc1.[Ni]. The van der Waals surface area contributed by atoms with Crippen LogP contribution >= 0.6 is 47.0 Å². The van der Waals surface area contributed by atoms with Gasteiger partial charge in [-0.25, -0.2) is 0 Å². The molecule has 0 aliphatic carbocycles. The second-order valence-corrected chi connectivity index (χ2v) is 14.3. The van der Waals surface area contributed by atoms with Crippen molar-refractivity contribution < 1.29 is 16.5 Å². The summed E-state index contributed by atoms with van der Waals surface area (Å²) in [5, 5.41) is 1.26. The van der Waals surface area contributed by atoms with Crippen molar-refractivity contribution in [2.45, 2.75) is 73.7 Å². The van der Waals surface area contributed by atoms with Crippen LogP contribution in [0.5, 0.6) is 0 Å². The molecule has 2 aromatic rings. The molecule has 2 rings (SSSR count). The van der Waals surface area contributed by atoms with Gasteiger partial charge < -0.3 is 50.5 Å². The van der Waals surface area contributed by atoms with Crippen molar-refractivity contribution >= 4 is 107 Å². The molecule has 0 aromatic heterocycles. The number of benzene rings is 2. The van der Waals surface area contributed by atoms with E-state index in [-0.39, 0.29) is 16.5 Å². The van der Waals surface area contributed by atoms with Crippen LogP contribution in [-0.2, 0) is 67.0 Å². The zero-order valence-corrected chi connectivity index (χ0v) is 29.7. The molecule has 9 heteroatoms. The molecule has 0 heterocycles. The third-order valence-corrected chi connectivity index (χ3v) is 12.3. The van der Waals surface area contributed by atoms with E-state index in [4.69, 9.17) is 50.5 Å². The van der Waals surface area contributed by atoms with E-state index in [1.165, 1.54) is 35.5 Å². The van der Waals surface area contributed by atoms with Gasteiger partial charge in [0.15, 0.2) is 0 Å². The van der Waals surface area contributed by atoms with Crippen LogP contribution in [0, 0.1) is 0 Å². The maximum absolute atomic E-state index is 5.51. The first-order valence-corrected chi connectivity index (χ1v) is 17.9. The maximum atomic E-state index is 5.51. The van der Waals surface area contributed by atoms with Crippen molar-refractivity contribution in [2.24, 2.45) is 0 Å². The van der Waals surface area contributed by atoms with Crippen molar-refractivity contribution in [2.75, 3.05) is 12.5 Å². The van der Waals surface area contributed by atoms with Gasteiger partial charge in [-0.3, -0.25) is 0 Å². The van der Waals surface area contributed by atoms with Crippen molar-refractivity contribution in [3.8, 4) is 0 Å². The molecule has 0 unspecified atom stereocenters. The molecule has 0 bridgehead atoms. The summed E-state index contributed by atoms with van der Waals surface area (Å²) in [5.74, 6) is 0. The van der Waals surface area contributed by atoms with Crippen molar-refractivity contribution in [3.05, 3.63) is 68.1 Å². The number of rotatable bonds is 12. The van der Waals surface area contributed by atoms with Crippen LogP contribution in [0.15, 0.2) is 66.8 Å². The predicted molar refractivity (Wildman–Crippen MR) is 184 cm³/mol. The molecule has 0 aliphatic heterocycles. The molecular formula is C28H36NiS8-4. The van der Waals surface area contributed by atoms with Gasteiger partial charge in [-0.1, -0.05) is 52.0 Å². The Labute approximate surface area is 275 Å². The van der Waals surface area contributed by atoms with Crippen molar-refractivity contribution in [1.82, 2.24) is 0 Å². The standard InChI is InChI=1S/C16H16S4.C12H24S4.Ni/c1-19-13-7-3-11(4-8-13)15(17)16(18)12-5-9-14(20-2)10-6-12;1-5-9(6-2)15-11(13)12(14)16-10(7-3)8-4;/h3-10,17-18H,1-2H3;9-10,13-14H,5-8H2,1-4H3;/p-4/b16-15-;12-11-;. The van der Waals surface area contributed by atoms with Crippen molar-refractivity contribution in [1.29, 1.82) is 0 Å². The molecule has 210 valence electrons. The molecule has 0 amide bonds. The first kappa shape index (κ1) is 37.7. The Morgan fingerprint density at radius 1 is 0.568 bits per heavy atom. The Morgan fingerprint density at radius 2 is 0.838 bits per heavy atom. The normalized spacial score (nSPS) is 12.3. The summed E-state index contributed by atoms with van der Waals surface area (Å²) in [6.07, 6.45) is 8.79. The van der Waals surface area contributed by atoms with E-state index in [9.17, 15) is 0 Å². The first-order chi connectivity index (χ1) is 17.2. The number of thioether (sulfide) groups is 4. The minimum Gasteiger partial charge on any atom is -0.781 e. The van der Waals surface area contributed by atoms with Gasteiger partial charge in [0.1, 0.15) is 0 Å². The molecule has 0 aliphatic rings. The summed E-state index contributed by atoms with van der Waals surface area (Å²) in [7, 11) is 0. The van der Waals surface area contributed by atoms with Crippen LogP contribution in [0.25, 0.3) is 9.81 Å². The summed E-state index contributed by atoms with van der Waals surface area (Å²) in [6.45, 7) is 8.84. The maximum Gasteiger partial charge on any atom is 0.00695 e. The molecule has 0 saturated heterocycles. The van der Waals surface area contributed by atoms with E-state index in [0.717, 1.165) is 29.4 Å². The average molecular weight is 688 g/mol. The molecule has 37 heavy (non-hydrogen) atoms. The molecular weight excluding hydrogens is 652 g/mol. The van der Waals surface area contributed by atoms with Gasteiger partial charge in [0.25, 0.3) is 0 Å². The largest absolute Gasteiger partial charge is 0.781 e. The third-order valence-electron chi connectivity index (χ3n) is 5.45. The Hall–Kier alpha value is 0.694. The third kappa shape index (κ3) is 13.7. The van der Waals surface area contributed by atoms with E-state index in [0.29, 0.717) is 10.5 Å².